The van der Waals surface area contributed by atoms with E-state index in [9.17, 15) is 8.76 Å². The Bertz CT molecular complexity index is 572. The summed E-state index contributed by atoms with van der Waals surface area (Å²) in [4.78, 5) is 0.475. The van der Waals surface area contributed by atoms with Gasteiger partial charge in [-0.2, -0.15) is 4.21 Å². The molecule has 0 radical (unpaired) electrons. The molecule has 0 heterocycles. The van der Waals surface area contributed by atoms with E-state index in [0.717, 1.165) is 11.1 Å². The Hall–Kier alpha value is -1.49. The lowest BCUT2D eigenvalue weighted by Gasteiger charge is -2.39. The first-order chi connectivity index (χ1) is 8.28. The highest BCUT2D eigenvalue weighted by atomic mass is 32.3. The molecule has 18 heavy (non-hydrogen) atoms. The minimum absolute atomic E-state index is 0.237. The van der Waals surface area contributed by atoms with E-state index < -0.39 is 9.53 Å². The van der Waals surface area contributed by atoms with Crippen LogP contribution in [0.1, 0.15) is 11.1 Å². The van der Waals surface area contributed by atoms with Gasteiger partial charge in [-0.15, -0.1) is 0 Å². The highest BCUT2D eigenvalue weighted by molar-refractivity contribution is 8.13. The Morgan fingerprint density at radius 3 is 1.39 bits per heavy atom. The molecule has 3 N–H and O–H groups in total. The predicted octanol–water partition coefficient (Wildman–Crippen LogP) is 2.89. The standard InChI is InChI=1S/C14H17NO2S/c1-11-3-7-13(8-4-11)18(15,16,17)14-9-5-12(2)6-10-14/h3-10H,1-2H3,(H3,15,16,17). The number of benzene rings is 2. The molecule has 0 spiro atoms. The van der Waals surface area contributed by atoms with Crippen molar-refractivity contribution < 1.29 is 8.76 Å². The molecule has 0 atom stereocenters. The minimum atomic E-state index is -4.46. The van der Waals surface area contributed by atoms with Crippen LogP contribution >= 0.6 is 0 Å². The number of hydrogen-bond acceptors (Lipinski definition) is 1. The third-order valence-electron chi connectivity index (χ3n) is 2.95. The summed E-state index contributed by atoms with van der Waals surface area (Å²) in [6, 6.07) is 13.5. The predicted molar refractivity (Wildman–Crippen MR) is 73.8 cm³/mol. The van der Waals surface area contributed by atoms with Gasteiger partial charge in [-0.25, -0.2) is 5.14 Å². The molecule has 0 saturated carbocycles. The van der Waals surface area contributed by atoms with Crippen molar-refractivity contribution in [2.45, 2.75) is 23.6 Å². The zero-order chi connectivity index (χ0) is 13.4. The molecule has 2 aromatic rings. The average molecular weight is 263 g/mol. The Balaban J connectivity index is 2.60. The Morgan fingerprint density at radius 1 is 0.833 bits per heavy atom. The maximum absolute atomic E-state index is 12.7. The maximum Gasteiger partial charge on any atom is 0.0738 e. The lowest BCUT2D eigenvalue weighted by molar-refractivity contribution is 0.512. The first-order valence-electron chi connectivity index (χ1n) is 5.64. The van der Waals surface area contributed by atoms with Crippen LogP contribution in [0.5, 0.6) is 0 Å². The zero-order valence-electron chi connectivity index (χ0n) is 10.5. The third-order valence-corrected chi connectivity index (χ3v) is 5.32. The summed E-state index contributed by atoms with van der Waals surface area (Å²) in [7, 11) is -4.46. The summed E-state index contributed by atoms with van der Waals surface area (Å²) in [5, 5.41) is 5.81. The van der Waals surface area contributed by atoms with Gasteiger partial charge in [0.1, 0.15) is 0 Å². The van der Waals surface area contributed by atoms with E-state index in [2.05, 4.69) is 0 Å². The second-order valence-corrected chi connectivity index (χ2v) is 7.46. The summed E-state index contributed by atoms with van der Waals surface area (Å²) in [6.07, 6.45) is 0. The van der Waals surface area contributed by atoms with Crippen LogP contribution in [0.25, 0.3) is 0 Å². The average Bonchev–Trinajstić information content (AvgIpc) is 2.29. The van der Waals surface area contributed by atoms with Crippen LogP contribution in [-0.2, 0) is 9.53 Å². The van der Waals surface area contributed by atoms with Crippen molar-refractivity contribution in [1.82, 2.24) is 0 Å². The largest absolute Gasteiger partial charge is 0.282 e. The van der Waals surface area contributed by atoms with Gasteiger partial charge in [0.15, 0.2) is 0 Å². The molecule has 0 aliphatic rings. The second-order valence-electron chi connectivity index (χ2n) is 4.59. The van der Waals surface area contributed by atoms with Crippen LogP contribution in [-0.4, -0.2) is 8.76 Å². The van der Waals surface area contributed by atoms with Crippen molar-refractivity contribution in [3.8, 4) is 0 Å². The minimum Gasteiger partial charge on any atom is -0.282 e. The quantitative estimate of drug-likeness (QED) is 0.875. The molecule has 0 aromatic heterocycles. The zero-order valence-corrected chi connectivity index (χ0v) is 11.3. The third kappa shape index (κ3) is 2.22. The molecule has 0 bridgehead atoms. The highest BCUT2D eigenvalue weighted by Crippen LogP contribution is 2.34. The molecule has 96 valence electrons. The molecule has 0 aliphatic heterocycles. The number of aryl methyl sites for hydroxylation is 2. The molecule has 0 unspecified atom stereocenters. The summed E-state index contributed by atoms with van der Waals surface area (Å²) in [6.45, 7) is 3.83. The van der Waals surface area contributed by atoms with Crippen molar-refractivity contribution in [3.63, 3.8) is 0 Å². The van der Waals surface area contributed by atoms with Crippen molar-refractivity contribution >= 4 is 9.53 Å². The van der Waals surface area contributed by atoms with Gasteiger partial charge in [0.25, 0.3) is 0 Å². The van der Waals surface area contributed by atoms with E-state index in [-0.39, 0.29) is 9.79 Å². The van der Waals surface area contributed by atoms with Crippen molar-refractivity contribution in [2.24, 2.45) is 5.14 Å². The van der Waals surface area contributed by atoms with Gasteiger partial charge >= 0.3 is 0 Å². The van der Waals surface area contributed by atoms with Crippen LogP contribution in [0, 0.1) is 13.8 Å². The van der Waals surface area contributed by atoms with Crippen molar-refractivity contribution in [2.75, 3.05) is 0 Å². The molecule has 2 aromatic carbocycles. The van der Waals surface area contributed by atoms with Gasteiger partial charge in [0.05, 0.1) is 9.79 Å². The Morgan fingerprint density at radius 2 is 1.11 bits per heavy atom. The smallest absolute Gasteiger partial charge is 0.0738 e. The van der Waals surface area contributed by atoms with Crippen LogP contribution in [0.2, 0.25) is 0 Å². The van der Waals surface area contributed by atoms with Gasteiger partial charge in [0, 0.05) is 0 Å². The molecule has 0 saturated heterocycles. The first kappa shape index (κ1) is 13.0. The van der Waals surface area contributed by atoms with Gasteiger partial charge in [-0.1, -0.05) is 44.9 Å². The van der Waals surface area contributed by atoms with Crippen LogP contribution in [0.3, 0.4) is 0 Å². The van der Waals surface area contributed by atoms with E-state index >= 15 is 0 Å². The first-order valence-corrected chi connectivity index (χ1v) is 7.62. The molecule has 4 heteroatoms. The van der Waals surface area contributed by atoms with Crippen LogP contribution < -0.4 is 5.14 Å². The summed E-state index contributed by atoms with van der Waals surface area (Å²) < 4.78 is 23.2. The molecule has 0 fully saturated rings. The molecule has 0 amide bonds. The fourth-order valence-electron chi connectivity index (χ4n) is 1.74. The van der Waals surface area contributed by atoms with Gasteiger partial charge in [-0.05, 0) is 38.1 Å². The summed E-state index contributed by atoms with van der Waals surface area (Å²) in [5.74, 6) is 0. The number of rotatable bonds is 2. The molecule has 2 rings (SSSR count). The topological polar surface area (TPSA) is 63.3 Å². The summed E-state index contributed by atoms with van der Waals surface area (Å²) >= 11 is 0. The van der Waals surface area contributed by atoms with E-state index in [1.165, 1.54) is 0 Å². The SMILES string of the molecule is Cc1ccc(S(N)(=O)(O)c2ccc(C)cc2)cc1. The van der Waals surface area contributed by atoms with Crippen LogP contribution in [0.4, 0.5) is 0 Å². The highest BCUT2D eigenvalue weighted by Gasteiger charge is 2.27. The lowest BCUT2D eigenvalue weighted by Crippen LogP contribution is -2.42. The normalized spacial score (nSPS) is 13.9. The maximum atomic E-state index is 12.7. The Labute approximate surface area is 107 Å². The van der Waals surface area contributed by atoms with Crippen molar-refractivity contribution in [3.05, 3.63) is 59.7 Å². The lowest BCUT2D eigenvalue weighted by atomic mass is 10.2. The number of hydrogen-bond donors (Lipinski definition) is 2. The monoisotopic (exact) mass is 263 g/mol. The fourth-order valence-corrected chi connectivity index (χ4v) is 3.34. The molecule has 0 aliphatic carbocycles. The number of nitrogens with two attached hydrogens (primary N) is 1. The Kier molecular flexibility index (Phi) is 2.89. The van der Waals surface area contributed by atoms with E-state index in [4.69, 9.17) is 5.14 Å². The molecular formula is C14H17NO2S. The fraction of sp³-hybridized carbons (Fsp3) is 0.143. The van der Waals surface area contributed by atoms with Crippen molar-refractivity contribution in [1.29, 1.82) is 0 Å². The van der Waals surface area contributed by atoms with Crippen LogP contribution in [0.15, 0.2) is 58.3 Å². The summed E-state index contributed by atoms with van der Waals surface area (Å²) in [5.41, 5.74) is 2.04. The molecular weight excluding hydrogens is 246 g/mol. The van der Waals surface area contributed by atoms with Gasteiger partial charge < -0.3 is 0 Å². The van der Waals surface area contributed by atoms with E-state index in [0.29, 0.717) is 0 Å². The van der Waals surface area contributed by atoms with E-state index in [1.807, 2.05) is 13.8 Å². The van der Waals surface area contributed by atoms with E-state index in [1.54, 1.807) is 48.5 Å². The second kappa shape index (κ2) is 4.02. The van der Waals surface area contributed by atoms with Gasteiger partial charge in [-0.3, -0.25) is 4.55 Å². The van der Waals surface area contributed by atoms with Gasteiger partial charge in [0.2, 0.25) is 0 Å². The molecule has 3 nitrogen and oxygen atoms in total.